The molecule has 0 N–H and O–H groups in total. The molecule has 1 aromatic rings. The fraction of sp³-hybridized carbons (Fsp3) is 0.750. The lowest BCUT2D eigenvalue weighted by molar-refractivity contribution is -0.147. The van der Waals surface area contributed by atoms with Gasteiger partial charge in [0.25, 0.3) is 0 Å². The van der Waals surface area contributed by atoms with Gasteiger partial charge in [-0.15, -0.1) is 0 Å². The van der Waals surface area contributed by atoms with Crippen LogP contribution in [0.2, 0.25) is 0 Å². The van der Waals surface area contributed by atoms with Gasteiger partial charge in [0.05, 0.1) is 30.3 Å². The first-order valence-electron chi connectivity index (χ1n) is 8.27. The molecule has 0 aliphatic carbocycles. The van der Waals surface area contributed by atoms with E-state index in [1.165, 1.54) is 0 Å². The highest BCUT2D eigenvalue weighted by atomic mass is 16.7. The molecule has 2 unspecified atom stereocenters. The van der Waals surface area contributed by atoms with Crippen molar-refractivity contribution in [3.05, 3.63) is 12.4 Å². The Labute approximate surface area is 138 Å². The Morgan fingerprint density at radius 1 is 1.39 bits per heavy atom. The van der Waals surface area contributed by atoms with Gasteiger partial charge in [0.2, 0.25) is 0 Å². The topological polar surface area (TPSA) is 62.6 Å². The summed E-state index contributed by atoms with van der Waals surface area (Å²) >= 11 is 0. The van der Waals surface area contributed by atoms with Gasteiger partial charge in [-0.3, -0.25) is 9.48 Å². The average molecular weight is 322 g/mol. The SMILES string of the molecule is CCOC(=O)C(C)Cn1cc(B2OC(C)(C)C(C)(CC)O2)cn1. The third-order valence-electron chi connectivity index (χ3n) is 4.79. The van der Waals surface area contributed by atoms with E-state index in [4.69, 9.17) is 14.0 Å². The highest BCUT2D eigenvalue weighted by Crippen LogP contribution is 2.39. The van der Waals surface area contributed by atoms with Crippen molar-refractivity contribution in [2.75, 3.05) is 6.61 Å². The van der Waals surface area contributed by atoms with E-state index in [9.17, 15) is 4.79 Å². The van der Waals surface area contributed by atoms with Crippen LogP contribution < -0.4 is 5.46 Å². The van der Waals surface area contributed by atoms with Crippen LogP contribution in [-0.2, 0) is 25.4 Å². The maximum atomic E-state index is 11.7. The molecular weight excluding hydrogens is 295 g/mol. The van der Waals surface area contributed by atoms with Crippen LogP contribution in [0.25, 0.3) is 0 Å². The molecule has 0 radical (unpaired) electrons. The Kier molecular flexibility index (Phi) is 5.21. The number of esters is 1. The largest absolute Gasteiger partial charge is 0.498 e. The first-order valence-corrected chi connectivity index (χ1v) is 8.27. The Balaban J connectivity index is 2.05. The molecule has 6 nitrogen and oxygen atoms in total. The maximum absolute atomic E-state index is 11.7. The van der Waals surface area contributed by atoms with E-state index >= 15 is 0 Å². The van der Waals surface area contributed by atoms with Crippen LogP contribution >= 0.6 is 0 Å². The molecule has 0 aromatic carbocycles. The van der Waals surface area contributed by atoms with E-state index in [0.29, 0.717) is 13.2 Å². The summed E-state index contributed by atoms with van der Waals surface area (Å²) < 4.78 is 19.0. The molecule has 2 atom stereocenters. The summed E-state index contributed by atoms with van der Waals surface area (Å²) in [6, 6.07) is 0. The van der Waals surface area contributed by atoms with Gasteiger partial charge in [-0.05, 0) is 34.1 Å². The minimum Gasteiger partial charge on any atom is -0.466 e. The minimum atomic E-state index is -0.429. The number of hydrogen-bond acceptors (Lipinski definition) is 5. The van der Waals surface area contributed by atoms with Gasteiger partial charge < -0.3 is 14.0 Å². The van der Waals surface area contributed by atoms with E-state index in [2.05, 4.69) is 18.9 Å². The number of aromatic nitrogens is 2. The van der Waals surface area contributed by atoms with Gasteiger partial charge in [-0.2, -0.15) is 5.10 Å². The van der Waals surface area contributed by atoms with Crippen molar-refractivity contribution in [1.29, 1.82) is 0 Å². The van der Waals surface area contributed by atoms with Crippen LogP contribution in [0.4, 0.5) is 0 Å². The van der Waals surface area contributed by atoms with Gasteiger partial charge in [-0.25, -0.2) is 0 Å². The molecule has 0 spiro atoms. The Morgan fingerprint density at radius 2 is 2.09 bits per heavy atom. The normalized spacial score (nSPS) is 24.7. The summed E-state index contributed by atoms with van der Waals surface area (Å²) in [5, 5.41) is 4.31. The number of ether oxygens (including phenoxy) is 1. The molecule has 2 heterocycles. The molecule has 1 aromatic heterocycles. The average Bonchev–Trinajstić information content (AvgIpc) is 3.03. The van der Waals surface area contributed by atoms with Crippen LogP contribution in [0.5, 0.6) is 0 Å². The monoisotopic (exact) mass is 322 g/mol. The second-order valence-corrected chi connectivity index (χ2v) is 6.81. The number of rotatable bonds is 6. The van der Waals surface area contributed by atoms with Crippen molar-refractivity contribution in [3.63, 3.8) is 0 Å². The summed E-state index contributed by atoms with van der Waals surface area (Å²) in [4.78, 5) is 11.7. The molecule has 1 aliphatic heterocycles. The standard InChI is InChI=1S/C16H27BN2O4/c1-7-16(6)15(4,5)22-17(23-16)13-9-18-19(11-13)10-12(3)14(20)21-8-2/h9,11-12H,7-8,10H2,1-6H3. The first kappa shape index (κ1) is 18.0. The predicted octanol–water partition coefficient (Wildman–Crippen LogP) is 1.77. The lowest BCUT2D eigenvalue weighted by Crippen LogP contribution is -2.44. The highest BCUT2D eigenvalue weighted by molar-refractivity contribution is 6.62. The Hall–Kier alpha value is -1.34. The second kappa shape index (κ2) is 6.65. The first-order chi connectivity index (χ1) is 10.7. The fourth-order valence-corrected chi connectivity index (χ4v) is 2.68. The van der Waals surface area contributed by atoms with Gasteiger partial charge in [0, 0.05) is 17.9 Å². The number of nitrogens with zero attached hydrogens (tertiary/aromatic N) is 2. The molecule has 2 rings (SSSR count). The Morgan fingerprint density at radius 3 is 2.65 bits per heavy atom. The molecule has 0 bridgehead atoms. The molecule has 128 valence electrons. The third-order valence-corrected chi connectivity index (χ3v) is 4.79. The van der Waals surface area contributed by atoms with E-state index < -0.39 is 7.12 Å². The van der Waals surface area contributed by atoms with Gasteiger partial charge >= 0.3 is 13.1 Å². The van der Waals surface area contributed by atoms with E-state index in [1.54, 1.807) is 17.8 Å². The van der Waals surface area contributed by atoms with Crippen molar-refractivity contribution in [2.45, 2.75) is 65.7 Å². The quantitative estimate of drug-likeness (QED) is 0.590. The van der Waals surface area contributed by atoms with Crippen LogP contribution in [-0.4, -0.2) is 40.7 Å². The molecular formula is C16H27BN2O4. The number of hydrogen-bond donors (Lipinski definition) is 0. The summed E-state index contributed by atoms with van der Waals surface area (Å²) in [5.74, 6) is -0.455. The van der Waals surface area contributed by atoms with E-state index in [0.717, 1.165) is 11.9 Å². The zero-order chi connectivity index (χ0) is 17.3. The predicted molar refractivity (Wildman–Crippen MR) is 88.4 cm³/mol. The molecule has 1 saturated heterocycles. The van der Waals surface area contributed by atoms with Crippen LogP contribution in [0.15, 0.2) is 12.4 Å². The van der Waals surface area contributed by atoms with E-state index in [1.807, 2.05) is 27.0 Å². The summed E-state index contributed by atoms with van der Waals surface area (Å²) in [6.45, 7) is 12.8. The molecule has 0 saturated carbocycles. The van der Waals surface area contributed by atoms with Crippen molar-refractivity contribution in [1.82, 2.24) is 9.78 Å². The molecule has 1 fully saturated rings. The third kappa shape index (κ3) is 3.61. The van der Waals surface area contributed by atoms with Gasteiger partial charge in [-0.1, -0.05) is 13.8 Å². The Bertz CT molecular complexity index is 560. The summed E-state index contributed by atoms with van der Waals surface area (Å²) in [6.07, 6.45) is 4.47. The van der Waals surface area contributed by atoms with Gasteiger partial charge in [0.15, 0.2) is 0 Å². The summed E-state index contributed by atoms with van der Waals surface area (Å²) in [7, 11) is -0.429. The van der Waals surface area contributed by atoms with Crippen LogP contribution in [0, 0.1) is 5.92 Å². The number of carbonyl (C=O) groups is 1. The van der Waals surface area contributed by atoms with Crippen molar-refractivity contribution in [3.8, 4) is 0 Å². The zero-order valence-electron chi connectivity index (χ0n) is 15.0. The molecule has 23 heavy (non-hydrogen) atoms. The maximum Gasteiger partial charge on any atom is 0.498 e. The van der Waals surface area contributed by atoms with Crippen molar-refractivity contribution < 1.29 is 18.8 Å². The van der Waals surface area contributed by atoms with Crippen molar-refractivity contribution >= 4 is 18.6 Å². The fourth-order valence-electron chi connectivity index (χ4n) is 2.68. The van der Waals surface area contributed by atoms with Gasteiger partial charge in [0.1, 0.15) is 0 Å². The van der Waals surface area contributed by atoms with E-state index in [-0.39, 0.29) is 23.1 Å². The second-order valence-electron chi connectivity index (χ2n) is 6.81. The molecule has 7 heteroatoms. The zero-order valence-corrected chi connectivity index (χ0v) is 15.0. The molecule has 0 amide bonds. The number of carbonyl (C=O) groups excluding carboxylic acids is 1. The lowest BCUT2D eigenvalue weighted by atomic mass is 9.82. The molecule has 1 aliphatic rings. The van der Waals surface area contributed by atoms with Crippen LogP contribution in [0.1, 0.15) is 48.0 Å². The smallest absolute Gasteiger partial charge is 0.466 e. The van der Waals surface area contributed by atoms with Crippen LogP contribution in [0.3, 0.4) is 0 Å². The lowest BCUT2D eigenvalue weighted by Gasteiger charge is -2.35. The minimum absolute atomic E-state index is 0.211. The summed E-state index contributed by atoms with van der Waals surface area (Å²) in [5.41, 5.74) is 0.163. The highest BCUT2D eigenvalue weighted by Gasteiger charge is 2.53. The van der Waals surface area contributed by atoms with Crippen molar-refractivity contribution in [2.24, 2.45) is 5.92 Å².